The van der Waals surface area contributed by atoms with Gasteiger partial charge in [0.15, 0.2) is 0 Å². The maximum Gasteiger partial charge on any atom is 0.303 e. The van der Waals surface area contributed by atoms with E-state index in [1.807, 2.05) is 0 Å². The van der Waals surface area contributed by atoms with Crippen LogP contribution in [-0.4, -0.2) is 22.8 Å². The van der Waals surface area contributed by atoms with E-state index in [0.717, 1.165) is 0 Å². The molecule has 90 valence electrons. The average Bonchev–Trinajstić information content (AvgIpc) is 2.27. The van der Waals surface area contributed by atoms with Crippen LogP contribution in [0.2, 0.25) is 0 Å². The second kappa shape index (κ2) is 5.64. The van der Waals surface area contributed by atoms with E-state index in [-0.39, 0.29) is 18.7 Å². The minimum Gasteiger partial charge on any atom is -0.481 e. The van der Waals surface area contributed by atoms with Crippen LogP contribution in [0.5, 0.6) is 0 Å². The molecule has 1 rings (SSSR count). The summed E-state index contributed by atoms with van der Waals surface area (Å²) in [6, 6.07) is 6.60. The third-order valence-electron chi connectivity index (χ3n) is 2.06. The molecule has 0 radical (unpaired) electrons. The number of hydrogen-bond donors (Lipinski definition) is 4. The zero-order chi connectivity index (χ0) is 12.8. The molecule has 0 unspecified atom stereocenters. The summed E-state index contributed by atoms with van der Waals surface area (Å²) >= 11 is 0. The normalized spacial score (nSPS) is 9.65. The Morgan fingerprint density at radius 1 is 1.29 bits per heavy atom. The SMILES string of the molecule is N=C(N)c1ccccc1NC(=O)CCC(=O)O. The van der Waals surface area contributed by atoms with Gasteiger partial charge in [-0.3, -0.25) is 15.0 Å². The highest BCUT2D eigenvalue weighted by molar-refractivity contribution is 6.04. The highest BCUT2D eigenvalue weighted by Gasteiger charge is 2.09. The van der Waals surface area contributed by atoms with Crippen molar-refractivity contribution >= 4 is 23.4 Å². The third kappa shape index (κ3) is 3.94. The molecule has 1 aromatic carbocycles. The molecular formula is C11H13N3O3. The van der Waals surface area contributed by atoms with Gasteiger partial charge in [0.05, 0.1) is 12.1 Å². The molecule has 0 aromatic heterocycles. The van der Waals surface area contributed by atoms with Crippen LogP contribution in [0.25, 0.3) is 0 Å². The smallest absolute Gasteiger partial charge is 0.303 e. The van der Waals surface area contributed by atoms with Crippen LogP contribution in [0.4, 0.5) is 5.69 Å². The summed E-state index contributed by atoms with van der Waals surface area (Å²) in [6.07, 6.45) is -0.338. The highest BCUT2D eigenvalue weighted by Crippen LogP contribution is 2.14. The van der Waals surface area contributed by atoms with E-state index in [1.54, 1.807) is 24.3 Å². The summed E-state index contributed by atoms with van der Waals surface area (Å²) in [5.41, 5.74) is 6.18. The van der Waals surface area contributed by atoms with Gasteiger partial charge in [0.2, 0.25) is 5.91 Å². The Morgan fingerprint density at radius 2 is 1.94 bits per heavy atom. The first-order chi connectivity index (χ1) is 8.00. The number of carboxylic acids is 1. The van der Waals surface area contributed by atoms with E-state index < -0.39 is 11.9 Å². The van der Waals surface area contributed by atoms with E-state index in [9.17, 15) is 9.59 Å². The molecule has 17 heavy (non-hydrogen) atoms. The van der Waals surface area contributed by atoms with Crippen molar-refractivity contribution in [2.45, 2.75) is 12.8 Å². The van der Waals surface area contributed by atoms with Crippen molar-refractivity contribution in [3.63, 3.8) is 0 Å². The van der Waals surface area contributed by atoms with Crippen LogP contribution < -0.4 is 11.1 Å². The lowest BCUT2D eigenvalue weighted by Gasteiger charge is -2.09. The number of nitrogen functional groups attached to an aromatic ring is 1. The quantitative estimate of drug-likeness (QED) is 0.445. The summed E-state index contributed by atoms with van der Waals surface area (Å²) in [7, 11) is 0. The number of hydrogen-bond acceptors (Lipinski definition) is 3. The van der Waals surface area contributed by atoms with E-state index in [1.165, 1.54) is 0 Å². The largest absolute Gasteiger partial charge is 0.481 e. The summed E-state index contributed by atoms with van der Waals surface area (Å²) in [4.78, 5) is 21.7. The van der Waals surface area contributed by atoms with Gasteiger partial charge in [0.1, 0.15) is 5.84 Å². The Hall–Kier alpha value is -2.37. The molecule has 0 atom stereocenters. The number of nitrogens with one attached hydrogen (secondary N) is 2. The Labute approximate surface area is 97.9 Å². The molecule has 0 heterocycles. The Morgan fingerprint density at radius 3 is 2.53 bits per heavy atom. The van der Waals surface area contributed by atoms with Crippen molar-refractivity contribution in [1.82, 2.24) is 0 Å². The number of para-hydroxylation sites is 1. The van der Waals surface area contributed by atoms with Gasteiger partial charge in [0.25, 0.3) is 0 Å². The molecule has 0 fully saturated rings. The summed E-state index contributed by atoms with van der Waals surface area (Å²) in [6.45, 7) is 0. The summed E-state index contributed by atoms with van der Waals surface area (Å²) in [5, 5.41) is 18.3. The van der Waals surface area contributed by atoms with Gasteiger partial charge in [-0.1, -0.05) is 12.1 Å². The zero-order valence-corrected chi connectivity index (χ0v) is 9.06. The fourth-order valence-corrected chi connectivity index (χ4v) is 1.26. The number of amidine groups is 1. The van der Waals surface area contributed by atoms with Crippen molar-refractivity contribution in [2.75, 3.05) is 5.32 Å². The Kier molecular flexibility index (Phi) is 4.21. The minimum atomic E-state index is -1.03. The van der Waals surface area contributed by atoms with Crippen molar-refractivity contribution in [3.05, 3.63) is 29.8 Å². The molecule has 6 nitrogen and oxygen atoms in total. The van der Waals surface area contributed by atoms with E-state index in [2.05, 4.69) is 5.32 Å². The fourth-order valence-electron chi connectivity index (χ4n) is 1.26. The van der Waals surface area contributed by atoms with Crippen molar-refractivity contribution in [3.8, 4) is 0 Å². The standard InChI is InChI=1S/C11H13N3O3/c12-11(13)7-3-1-2-4-8(7)14-9(15)5-6-10(16)17/h1-4H,5-6H2,(H3,12,13)(H,14,15)(H,16,17). The van der Waals surface area contributed by atoms with Crippen molar-refractivity contribution < 1.29 is 14.7 Å². The fraction of sp³-hybridized carbons (Fsp3) is 0.182. The van der Waals surface area contributed by atoms with Gasteiger partial charge in [-0.05, 0) is 12.1 Å². The van der Waals surface area contributed by atoms with Gasteiger partial charge in [-0.2, -0.15) is 0 Å². The molecule has 0 aliphatic heterocycles. The number of aliphatic carboxylic acids is 1. The number of carbonyl (C=O) groups excluding carboxylic acids is 1. The molecule has 0 saturated carbocycles. The first-order valence-electron chi connectivity index (χ1n) is 4.95. The number of carboxylic acid groups (broad SMARTS) is 1. The molecule has 1 amide bonds. The molecule has 0 bridgehead atoms. The molecule has 0 spiro atoms. The van der Waals surface area contributed by atoms with Gasteiger partial charge in [-0.15, -0.1) is 0 Å². The first-order valence-corrected chi connectivity index (χ1v) is 4.95. The maximum atomic E-state index is 11.4. The number of nitrogens with two attached hydrogens (primary N) is 1. The molecule has 0 aliphatic carbocycles. The topological polar surface area (TPSA) is 116 Å². The second-order valence-electron chi connectivity index (χ2n) is 3.40. The van der Waals surface area contributed by atoms with Gasteiger partial charge in [0, 0.05) is 12.0 Å². The van der Waals surface area contributed by atoms with Crippen LogP contribution >= 0.6 is 0 Å². The molecule has 5 N–H and O–H groups in total. The van der Waals surface area contributed by atoms with Crippen molar-refractivity contribution in [1.29, 1.82) is 5.41 Å². The molecule has 0 aliphatic rings. The van der Waals surface area contributed by atoms with E-state index in [4.69, 9.17) is 16.2 Å². The van der Waals surface area contributed by atoms with E-state index >= 15 is 0 Å². The Balaban J connectivity index is 2.71. The van der Waals surface area contributed by atoms with Crippen LogP contribution in [0.1, 0.15) is 18.4 Å². The summed E-state index contributed by atoms with van der Waals surface area (Å²) < 4.78 is 0. The zero-order valence-electron chi connectivity index (χ0n) is 9.06. The average molecular weight is 235 g/mol. The monoisotopic (exact) mass is 235 g/mol. The predicted octanol–water partition coefficient (Wildman–Crippen LogP) is 0.774. The van der Waals surface area contributed by atoms with Crippen LogP contribution in [0.15, 0.2) is 24.3 Å². The second-order valence-corrected chi connectivity index (χ2v) is 3.40. The van der Waals surface area contributed by atoms with Crippen LogP contribution in [-0.2, 0) is 9.59 Å². The number of rotatable bonds is 5. The van der Waals surface area contributed by atoms with Gasteiger partial charge >= 0.3 is 5.97 Å². The van der Waals surface area contributed by atoms with Crippen molar-refractivity contribution in [2.24, 2.45) is 5.73 Å². The first kappa shape index (κ1) is 12.7. The van der Waals surface area contributed by atoms with Crippen LogP contribution in [0, 0.1) is 5.41 Å². The number of carbonyl (C=O) groups is 2. The molecule has 0 saturated heterocycles. The van der Waals surface area contributed by atoms with Gasteiger partial charge in [-0.25, -0.2) is 0 Å². The maximum absolute atomic E-state index is 11.4. The summed E-state index contributed by atoms with van der Waals surface area (Å²) in [5.74, 6) is -1.60. The third-order valence-corrected chi connectivity index (χ3v) is 2.06. The molecular weight excluding hydrogens is 222 g/mol. The minimum absolute atomic E-state index is 0.110. The Bertz CT molecular complexity index is 457. The van der Waals surface area contributed by atoms with Crippen LogP contribution in [0.3, 0.4) is 0 Å². The lowest BCUT2D eigenvalue weighted by atomic mass is 10.1. The molecule has 1 aromatic rings. The number of benzene rings is 1. The van der Waals surface area contributed by atoms with Gasteiger partial charge < -0.3 is 16.2 Å². The predicted molar refractivity (Wildman–Crippen MR) is 63.0 cm³/mol. The lowest BCUT2D eigenvalue weighted by Crippen LogP contribution is -2.18. The van der Waals surface area contributed by atoms with E-state index in [0.29, 0.717) is 11.3 Å². The lowest BCUT2D eigenvalue weighted by molar-refractivity contribution is -0.138. The number of anilines is 1. The number of amides is 1. The highest BCUT2D eigenvalue weighted by atomic mass is 16.4. The molecule has 6 heteroatoms.